The number of nitriles is 1. The zero-order valence-electron chi connectivity index (χ0n) is 9.10. The summed E-state index contributed by atoms with van der Waals surface area (Å²) < 4.78 is 1.04. The molecule has 0 spiro atoms. The molecule has 0 atom stereocenters. The maximum Gasteiger partial charge on any atom is 0.0998 e. The molecule has 0 aliphatic rings. The van der Waals surface area contributed by atoms with E-state index in [-0.39, 0.29) is 0 Å². The van der Waals surface area contributed by atoms with Crippen LogP contribution in [0.3, 0.4) is 0 Å². The van der Waals surface area contributed by atoms with Gasteiger partial charge in [-0.2, -0.15) is 5.26 Å². The highest BCUT2D eigenvalue weighted by Gasteiger charge is 1.99. The number of nitrogens with zero attached hydrogens (tertiary/aromatic N) is 1. The first kappa shape index (κ1) is 11.6. The van der Waals surface area contributed by atoms with E-state index in [1.165, 1.54) is 0 Å². The fraction of sp³-hybridized carbons (Fsp3) is 0. The Morgan fingerprint density at radius 3 is 2.24 bits per heavy atom. The van der Waals surface area contributed by atoms with E-state index >= 15 is 0 Å². The van der Waals surface area contributed by atoms with E-state index in [2.05, 4.69) is 22.0 Å². The van der Waals surface area contributed by atoms with Crippen LogP contribution in [0, 0.1) is 11.3 Å². The predicted molar refractivity (Wildman–Crippen MR) is 74.1 cm³/mol. The summed E-state index contributed by atoms with van der Waals surface area (Å²) in [7, 11) is 0. The Labute approximate surface area is 109 Å². The van der Waals surface area contributed by atoms with Crippen molar-refractivity contribution in [2.24, 2.45) is 0 Å². The number of halogens is 1. The van der Waals surface area contributed by atoms with Gasteiger partial charge >= 0.3 is 0 Å². The Bertz CT molecular complexity index is 562. The van der Waals surface area contributed by atoms with Crippen molar-refractivity contribution in [3.05, 3.63) is 70.2 Å². The first-order chi connectivity index (χ1) is 8.29. The molecule has 2 aromatic carbocycles. The first-order valence-electron chi connectivity index (χ1n) is 5.22. The molecule has 0 amide bonds. The van der Waals surface area contributed by atoms with E-state index in [0.717, 1.165) is 15.6 Å². The van der Waals surface area contributed by atoms with Crippen LogP contribution in [-0.2, 0) is 0 Å². The lowest BCUT2D eigenvalue weighted by Crippen LogP contribution is -1.81. The summed E-state index contributed by atoms with van der Waals surface area (Å²) in [6, 6.07) is 19.8. The standard InChI is InChI=1S/C15H10BrN/c16-15-8-6-12(7-9-15)10-14(11-17)13-4-2-1-3-5-13/h1-10H/b14-10+. The summed E-state index contributed by atoms with van der Waals surface area (Å²) in [5, 5.41) is 9.17. The Hall–Kier alpha value is -1.85. The van der Waals surface area contributed by atoms with Crippen molar-refractivity contribution in [1.82, 2.24) is 0 Å². The molecule has 1 nitrogen and oxygen atoms in total. The average Bonchev–Trinajstić information content (AvgIpc) is 2.39. The summed E-state index contributed by atoms with van der Waals surface area (Å²) in [4.78, 5) is 0. The van der Waals surface area contributed by atoms with Crippen molar-refractivity contribution < 1.29 is 0 Å². The van der Waals surface area contributed by atoms with Crippen molar-refractivity contribution in [3.8, 4) is 6.07 Å². The fourth-order valence-electron chi connectivity index (χ4n) is 1.52. The van der Waals surface area contributed by atoms with Crippen LogP contribution in [0.5, 0.6) is 0 Å². The van der Waals surface area contributed by atoms with Crippen molar-refractivity contribution in [2.75, 3.05) is 0 Å². The Balaban J connectivity index is 2.37. The monoisotopic (exact) mass is 283 g/mol. The summed E-state index contributed by atoms with van der Waals surface area (Å²) in [5.41, 5.74) is 2.64. The van der Waals surface area contributed by atoms with E-state index in [1.54, 1.807) is 0 Å². The molecule has 0 heterocycles. The molecule has 2 rings (SSSR count). The third kappa shape index (κ3) is 3.05. The smallest absolute Gasteiger partial charge is 0.0998 e. The lowest BCUT2D eigenvalue weighted by atomic mass is 10.0. The lowest BCUT2D eigenvalue weighted by Gasteiger charge is -1.99. The molecule has 82 valence electrons. The number of hydrogen-bond donors (Lipinski definition) is 0. The second kappa shape index (κ2) is 5.47. The summed E-state index contributed by atoms with van der Waals surface area (Å²) >= 11 is 3.39. The molecule has 17 heavy (non-hydrogen) atoms. The molecule has 0 aromatic heterocycles. The normalized spacial score (nSPS) is 10.9. The van der Waals surface area contributed by atoms with Crippen molar-refractivity contribution in [1.29, 1.82) is 5.26 Å². The zero-order chi connectivity index (χ0) is 12.1. The lowest BCUT2D eigenvalue weighted by molar-refractivity contribution is 1.52. The third-order valence-corrected chi connectivity index (χ3v) is 2.91. The van der Waals surface area contributed by atoms with E-state index in [0.29, 0.717) is 5.57 Å². The van der Waals surface area contributed by atoms with Crippen LogP contribution < -0.4 is 0 Å². The van der Waals surface area contributed by atoms with Crippen LogP contribution in [0.2, 0.25) is 0 Å². The van der Waals surface area contributed by atoms with Gasteiger partial charge in [0.2, 0.25) is 0 Å². The third-order valence-electron chi connectivity index (χ3n) is 2.39. The Morgan fingerprint density at radius 1 is 1.00 bits per heavy atom. The van der Waals surface area contributed by atoms with Crippen molar-refractivity contribution in [2.45, 2.75) is 0 Å². The predicted octanol–water partition coefficient (Wildman–Crippen LogP) is 4.51. The minimum atomic E-state index is 0.674. The second-order valence-electron chi connectivity index (χ2n) is 3.59. The summed E-state index contributed by atoms with van der Waals surface area (Å²) in [6.07, 6.45) is 1.89. The Morgan fingerprint density at radius 2 is 1.65 bits per heavy atom. The van der Waals surface area contributed by atoms with Gasteiger partial charge < -0.3 is 0 Å². The van der Waals surface area contributed by atoms with Gasteiger partial charge in [0.25, 0.3) is 0 Å². The van der Waals surface area contributed by atoms with Crippen molar-refractivity contribution in [3.63, 3.8) is 0 Å². The largest absolute Gasteiger partial charge is 0.192 e. The molecule has 0 fully saturated rings. The molecular formula is C15H10BrN. The van der Waals surface area contributed by atoms with Crippen LogP contribution in [-0.4, -0.2) is 0 Å². The van der Waals surface area contributed by atoms with E-state index in [4.69, 9.17) is 5.26 Å². The van der Waals surface area contributed by atoms with Gasteiger partial charge in [-0.15, -0.1) is 0 Å². The highest BCUT2D eigenvalue weighted by Crippen LogP contribution is 2.18. The molecule has 0 aliphatic carbocycles. The van der Waals surface area contributed by atoms with E-state index in [1.807, 2.05) is 60.7 Å². The van der Waals surface area contributed by atoms with Gasteiger partial charge in [-0.3, -0.25) is 0 Å². The zero-order valence-corrected chi connectivity index (χ0v) is 10.7. The molecule has 2 heteroatoms. The molecule has 0 aliphatic heterocycles. The van der Waals surface area contributed by atoms with Crippen LogP contribution in [0.4, 0.5) is 0 Å². The first-order valence-corrected chi connectivity index (χ1v) is 6.01. The quantitative estimate of drug-likeness (QED) is 0.588. The molecule has 0 saturated carbocycles. The van der Waals surface area contributed by atoms with Gasteiger partial charge in [-0.25, -0.2) is 0 Å². The maximum atomic E-state index is 9.17. The topological polar surface area (TPSA) is 23.8 Å². The van der Waals surface area contributed by atoms with Crippen LogP contribution in [0.25, 0.3) is 11.6 Å². The van der Waals surface area contributed by atoms with Gasteiger partial charge in [0.15, 0.2) is 0 Å². The molecule has 0 radical (unpaired) electrons. The highest BCUT2D eigenvalue weighted by molar-refractivity contribution is 9.10. The minimum absolute atomic E-state index is 0.674. The Kier molecular flexibility index (Phi) is 3.74. The van der Waals surface area contributed by atoms with Gasteiger partial charge in [-0.1, -0.05) is 58.4 Å². The summed E-state index contributed by atoms with van der Waals surface area (Å²) in [6.45, 7) is 0. The van der Waals surface area contributed by atoms with Gasteiger partial charge in [0, 0.05) is 4.47 Å². The molecule has 0 N–H and O–H groups in total. The molecule has 0 bridgehead atoms. The second-order valence-corrected chi connectivity index (χ2v) is 4.50. The number of rotatable bonds is 2. The molecular weight excluding hydrogens is 274 g/mol. The van der Waals surface area contributed by atoms with Gasteiger partial charge in [-0.05, 0) is 29.3 Å². The van der Waals surface area contributed by atoms with Crippen LogP contribution in [0.1, 0.15) is 11.1 Å². The van der Waals surface area contributed by atoms with E-state index in [9.17, 15) is 0 Å². The average molecular weight is 284 g/mol. The van der Waals surface area contributed by atoms with Crippen LogP contribution >= 0.6 is 15.9 Å². The molecule has 0 unspecified atom stereocenters. The van der Waals surface area contributed by atoms with Gasteiger partial charge in [0.05, 0.1) is 11.6 Å². The SMILES string of the molecule is N#C/C(=C\c1ccc(Br)cc1)c1ccccc1. The van der Waals surface area contributed by atoms with E-state index < -0.39 is 0 Å². The maximum absolute atomic E-state index is 9.17. The summed E-state index contributed by atoms with van der Waals surface area (Å²) in [5.74, 6) is 0. The minimum Gasteiger partial charge on any atom is -0.192 e. The number of hydrogen-bond acceptors (Lipinski definition) is 1. The number of benzene rings is 2. The molecule has 0 saturated heterocycles. The molecule has 2 aromatic rings. The fourth-order valence-corrected chi connectivity index (χ4v) is 1.79. The van der Waals surface area contributed by atoms with Crippen LogP contribution in [0.15, 0.2) is 59.1 Å². The number of allylic oxidation sites excluding steroid dienone is 1. The van der Waals surface area contributed by atoms with Gasteiger partial charge in [0.1, 0.15) is 0 Å². The highest BCUT2D eigenvalue weighted by atomic mass is 79.9. The van der Waals surface area contributed by atoms with Crippen molar-refractivity contribution >= 4 is 27.6 Å².